The Morgan fingerprint density at radius 2 is 1.90 bits per heavy atom. The zero-order chi connectivity index (χ0) is 21.8. The third-order valence-electron chi connectivity index (χ3n) is 5.53. The number of fused-ring (bicyclic) bond motifs is 1. The van der Waals surface area contributed by atoms with Crippen LogP contribution in [-0.4, -0.2) is 48.4 Å². The molecule has 0 aliphatic carbocycles. The average molecular weight is 420 g/mol. The van der Waals surface area contributed by atoms with Gasteiger partial charge in [0.1, 0.15) is 6.04 Å². The lowest BCUT2D eigenvalue weighted by molar-refractivity contribution is -0.151. The van der Waals surface area contributed by atoms with Crippen molar-refractivity contribution in [1.82, 2.24) is 4.90 Å². The second-order valence-corrected chi connectivity index (χ2v) is 7.38. The van der Waals surface area contributed by atoms with E-state index in [1.165, 1.54) is 11.2 Å². The van der Waals surface area contributed by atoms with Gasteiger partial charge in [0, 0.05) is 18.5 Å². The lowest BCUT2D eigenvalue weighted by Crippen LogP contribution is -2.43. The number of benzene rings is 2. The first-order valence-electron chi connectivity index (χ1n) is 10.4. The van der Waals surface area contributed by atoms with Crippen molar-refractivity contribution in [3.8, 4) is 0 Å². The van der Waals surface area contributed by atoms with Crippen molar-refractivity contribution in [2.45, 2.75) is 25.8 Å². The maximum absolute atomic E-state index is 12.9. The molecule has 7 heteroatoms. The zero-order valence-electron chi connectivity index (χ0n) is 17.3. The topological polar surface area (TPSA) is 80.1 Å². The second-order valence-electron chi connectivity index (χ2n) is 7.38. The first-order valence-corrected chi connectivity index (χ1v) is 10.4. The van der Waals surface area contributed by atoms with Gasteiger partial charge >= 0.3 is 5.97 Å². The van der Waals surface area contributed by atoms with Gasteiger partial charge in [-0.25, -0.2) is 4.79 Å². The van der Waals surface area contributed by atoms with Crippen molar-refractivity contribution in [3.05, 3.63) is 66.6 Å². The number of carbonyl (C=O) groups is 3. The molecule has 7 nitrogen and oxygen atoms in total. The Hall–Kier alpha value is -3.61. The normalized spacial score (nSPS) is 15.8. The maximum Gasteiger partial charge on any atom is 0.329 e. The Morgan fingerprint density at radius 1 is 1.10 bits per heavy atom. The highest BCUT2D eigenvalue weighted by atomic mass is 16.5. The first-order chi connectivity index (χ1) is 15.1. The van der Waals surface area contributed by atoms with Crippen molar-refractivity contribution in [1.29, 1.82) is 0 Å². The van der Waals surface area contributed by atoms with Gasteiger partial charge in [0.15, 0.2) is 12.4 Å². The van der Waals surface area contributed by atoms with Crippen LogP contribution in [0.3, 0.4) is 0 Å². The number of anilines is 1. The van der Waals surface area contributed by atoms with Crippen LogP contribution in [0.2, 0.25) is 0 Å². The Kier molecular flexibility index (Phi) is 6.02. The highest BCUT2D eigenvalue weighted by Crippen LogP contribution is 2.27. The molecule has 0 spiro atoms. The Balaban J connectivity index is 1.43. The molecule has 0 radical (unpaired) electrons. The van der Waals surface area contributed by atoms with Crippen LogP contribution in [0.5, 0.6) is 0 Å². The quantitative estimate of drug-likeness (QED) is 0.569. The predicted octanol–water partition coefficient (Wildman–Crippen LogP) is 3.63. The van der Waals surface area contributed by atoms with Gasteiger partial charge in [0.2, 0.25) is 0 Å². The second kappa shape index (κ2) is 9.04. The van der Waals surface area contributed by atoms with E-state index >= 15 is 0 Å². The molecule has 0 unspecified atom stereocenters. The number of rotatable bonds is 6. The molecule has 1 aromatic heterocycles. The minimum absolute atomic E-state index is 0.184. The third kappa shape index (κ3) is 4.17. The summed E-state index contributed by atoms with van der Waals surface area (Å²) in [6.45, 7) is 2.39. The summed E-state index contributed by atoms with van der Waals surface area (Å²) >= 11 is 0. The molecule has 0 bridgehead atoms. The fourth-order valence-corrected chi connectivity index (χ4v) is 4.03. The van der Waals surface area contributed by atoms with Gasteiger partial charge in [-0.3, -0.25) is 9.59 Å². The van der Waals surface area contributed by atoms with E-state index in [2.05, 4.69) is 0 Å². The van der Waals surface area contributed by atoms with Crippen molar-refractivity contribution in [2.24, 2.45) is 0 Å². The summed E-state index contributed by atoms with van der Waals surface area (Å²) in [6, 6.07) is 16.1. The molecule has 31 heavy (non-hydrogen) atoms. The van der Waals surface area contributed by atoms with Crippen LogP contribution in [0, 0.1) is 0 Å². The molecule has 160 valence electrons. The van der Waals surface area contributed by atoms with E-state index in [0.717, 1.165) is 16.5 Å². The van der Waals surface area contributed by atoms with Crippen LogP contribution in [0.1, 0.15) is 30.3 Å². The number of likely N-dealkylation sites (tertiary alicyclic amines) is 1. The molecular weight excluding hydrogens is 396 g/mol. The predicted molar refractivity (Wildman–Crippen MR) is 116 cm³/mol. The fraction of sp³-hybridized carbons (Fsp3) is 0.292. The molecule has 2 aromatic carbocycles. The van der Waals surface area contributed by atoms with Gasteiger partial charge in [-0.05, 0) is 43.4 Å². The minimum atomic E-state index is -0.710. The molecule has 0 N–H and O–H groups in total. The summed E-state index contributed by atoms with van der Waals surface area (Å²) in [5.74, 6) is -1.04. The number of furan rings is 1. The van der Waals surface area contributed by atoms with Crippen LogP contribution >= 0.6 is 0 Å². The molecule has 0 saturated carbocycles. The Bertz CT molecular complexity index is 1090. The molecule has 1 fully saturated rings. The molecule has 2 heterocycles. The van der Waals surface area contributed by atoms with Crippen LogP contribution in [0.4, 0.5) is 5.69 Å². The van der Waals surface area contributed by atoms with Crippen LogP contribution in [-0.2, 0) is 14.3 Å². The van der Waals surface area contributed by atoms with E-state index in [1.54, 1.807) is 17.0 Å². The lowest BCUT2D eigenvalue weighted by Gasteiger charge is -2.24. The van der Waals surface area contributed by atoms with E-state index in [-0.39, 0.29) is 24.2 Å². The smallest absolute Gasteiger partial charge is 0.329 e. The Morgan fingerprint density at radius 3 is 2.68 bits per heavy atom. The highest BCUT2D eigenvalue weighted by molar-refractivity contribution is 6.04. The van der Waals surface area contributed by atoms with Crippen molar-refractivity contribution in [3.63, 3.8) is 0 Å². The van der Waals surface area contributed by atoms with Gasteiger partial charge in [0.05, 0.1) is 12.0 Å². The molecule has 1 saturated heterocycles. The number of amides is 2. The molecule has 1 atom stereocenters. The maximum atomic E-state index is 12.9. The molecule has 1 aliphatic rings. The van der Waals surface area contributed by atoms with E-state index in [0.29, 0.717) is 25.9 Å². The van der Waals surface area contributed by atoms with Gasteiger partial charge in [-0.1, -0.05) is 36.4 Å². The number of nitrogens with zero attached hydrogens (tertiary/aromatic N) is 2. The summed E-state index contributed by atoms with van der Waals surface area (Å²) in [5.41, 5.74) is 0.775. The molecule has 1 aliphatic heterocycles. The minimum Gasteiger partial charge on any atom is -0.459 e. The summed E-state index contributed by atoms with van der Waals surface area (Å²) in [4.78, 5) is 41.2. The molecule has 3 aromatic rings. The van der Waals surface area contributed by atoms with Gasteiger partial charge in [-0.15, -0.1) is 0 Å². The SMILES string of the molecule is CCN(C(=O)COC(=O)[C@@H]1CCCN1C(=O)c1ccco1)c1cccc2ccccc12. The van der Waals surface area contributed by atoms with E-state index in [9.17, 15) is 14.4 Å². The monoisotopic (exact) mass is 420 g/mol. The molecular formula is C24H24N2O5. The lowest BCUT2D eigenvalue weighted by atomic mass is 10.1. The Labute approximate surface area is 180 Å². The fourth-order valence-electron chi connectivity index (χ4n) is 4.03. The van der Waals surface area contributed by atoms with Gasteiger partial charge in [-0.2, -0.15) is 0 Å². The van der Waals surface area contributed by atoms with Gasteiger partial charge < -0.3 is 19.0 Å². The number of esters is 1. The largest absolute Gasteiger partial charge is 0.459 e. The van der Waals surface area contributed by atoms with Crippen molar-refractivity contribution >= 4 is 34.2 Å². The molecule has 4 rings (SSSR count). The van der Waals surface area contributed by atoms with Gasteiger partial charge in [0.25, 0.3) is 11.8 Å². The number of hydrogen-bond acceptors (Lipinski definition) is 5. The third-order valence-corrected chi connectivity index (χ3v) is 5.53. The van der Waals surface area contributed by atoms with E-state index in [1.807, 2.05) is 49.4 Å². The standard InChI is InChI=1S/C24H24N2O5/c1-2-25(19-11-5-9-17-8-3-4-10-18(17)19)22(27)16-31-24(29)20-12-6-14-26(20)23(28)21-13-7-15-30-21/h3-5,7-11,13,15,20H,2,6,12,14,16H2,1H3/t20-/m0/s1. The number of carbonyl (C=O) groups excluding carboxylic acids is 3. The number of hydrogen-bond donors (Lipinski definition) is 0. The van der Waals surface area contributed by atoms with Crippen molar-refractivity contribution in [2.75, 3.05) is 24.6 Å². The summed E-state index contributed by atoms with van der Waals surface area (Å²) in [7, 11) is 0. The highest BCUT2D eigenvalue weighted by Gasteiger charge is 2.37. The van der Waals surface area contributed by atoms with Crippen LogP contribution in [0.25, 0.3) is 10.8 Å². The number of ether oxygens (including phenoxy) is 1. The summed E-state index contributed by atoms with van der Waals surface area (Å²) < 4.78 is 10.5. The molecule has 2 amide bonds. The van der Waals surface area contributed by atoms with Crippen LogP contribution in [0.15, 0.2) is 65.3 Å². The first kappa shape index (κ1) is 20.7. The average Bonchev–Trinajstić information content (AvgIpc) is 3.50. The summed E-state index contributed by atoms with van der Waals surface area (Å²) in [5, 5.41) is 1.99. The van der Waals surface area contributed by atoms with Crippen LogP contribution < -0.4 is 4.90 Å². The van der Waals surface area contributed by atoms with E-state index in [4.69, 9.17) is 9.15 Å². The van der Waals surface area contributed by atoms with Crippen molar-refractivity contribution < 1.29 is 23.5 Å². The number of likely N-dealkylation sites (N-methyl/N-ethyl adjacent to an activating group) is 1. The van der Waals surface area contributed by atoms with E-state index < -0.39 is 12.0 Å². The summed E-state index contributed by atoms with van der Waals surface area (Å²) in [6.07, 6.45) is 2.61. The zero-order valence-corrected chi connectivity index (χ0v) is 17.3.